The van der Waals surface area contributed by atoms with E-state index < -0.39 is 0 Å². The van der Waals surface area contributed by atoms with Crippen molar-refractivity contribution in [3.05, 3.63) is 217 Å². The summed E-state index contributed by atoms with van der Waals surface area (Å²) < 4.78 is 4.94. The molecule has 0 atom stereocenters. The first kappa shape index (κ1) is 42.7. The molecule has 15 aromatic rings. The highest BCUT2D eigenvalue weighted by Gasteiger charge is 2.32. The zero-order valence-corrected chi connectivity index (χ0v) is 42.3. The fraction of sp³-hybridized carbons (Fsp3) is 0.118. The number of hydrogen-bond donors (Lipinski definition) is 0. The summed E-state index contributed by atoms with van der Waals surface area (Å²) in [5, 5.41) is 11.8. The maximum atomic E-state index is 6.05. The predicted octanol–water partition coefficient (Wildman–Crippen LogP) is 18.6. The van der Waals surface area contributed by atoms with Crippen molar-refractivity contribution in [3.63, 3.8) is 0 Å². The average Bonchev–Trinajstić information content (AvgIpc) is 4.18. The van der Waals surface area contributed by atoms with Gasteiger partial charge in [-0.2, -0.15) is 0 Å². The summed E-state index contributed by atoms with van der Waals surface area (Å²) in [6.45, 7) is 13.9. The highest BCUT2D eigenvalue weighted by molar-refractivity contribution is 6.33. The van der Waals surface area contributed by atoms with Crippen LogP contribution in [0, 0.1) is 0 Å². The Morgan fingerprint density at radius 1 is 0.338 bits per heavy atom. The van der Waals surface area contributed by atoms with E-state index in [1.165, 1.54) is 48.8 Å². The highest BCUT2D eigenvalue weighted by atomic mass is 15.2. The van der Waals surface area contributed by atoms with E-state index in [2.05, 4.69) is 266 Å². The lowest BCUT2D eigenvalue weighted by Crippen LogP contribution is -2.15. The number of nitrogens with zero attached hydrogens (tertiary/aromatic N) is 6. The van der Waals surface area contributed by atoms with Crippen molar-refractivity contribution >= 4 is 132 Å². The van der Waals surface area contributed by atoms with E-state index in [1.54, 1.807) is 0 Å². The molecular weight excluding hydrogens is 901 g/mol. The van der Waals surface area contributed by atoms with Crippen LogP contribution in [0.4, 0.5) is 34.1 Å². The second-order valence-corrected chi connectivity index (χ2v) is 22.3. The molecule has 0 unspecified atom stereocenters. The summed E-state index contributed by atoms with van der Waals surface area (Å²) >= 11 is 0. The maximum absolute atomic E-state index is 6.05. The molecule has 6 heteroatoms. The molecule has 0 spiro atoms. The Bertz CT molecular complexity index is 4640. The third-order valence-electron chi connectivity index (χ3n) is 15.7. The molecule has 0 aliphatic rings. The monoisotopic (exact) mass is 952 g/mol. The van der Waals surface area contributed by atoms with E-state index in [-0.39, 0.29) is 10.8 Å². The molecule has 5 aromatic heterocycles. The van der Waals surface area contributed by atoms with Gasteiger partial charge in [0.1, 0.15) is 11.0 Å². The molecular formula is C68H52N6. The van der Waals surface area contributed by atoms with E-state index in [4.69, 9.17) is 9.97 Å². The third-order valence-corrected chi connectivity index (χ3v) is 15.7. The van der Waals surface area contributed by atoms with Crippen molar-refractivity contribution in [3.8, 4) is 0 Å². The predicted molar refractivity (Wildman–Crippen MR) is 313 cm³/mol. The van der Waals surface area contributed by atoms with Crippen molar-refractivity contribution in [2.75, 3.05) is 9.80 Å². The van der Waals surface area contributed by atoms with Gasteiger partial charge in [0.05, 0.1) is 33.4 Å². The van der Waals surface area contributed by atoms with Crippen LogP contribution in [0.2, 0.25) is 0 Å². The van der Waals surface area contributed by atoms with E-state index in [0.717, 1.165) is 94.7 Å². The van der Waals surface area contributed by atoms with E-state index >= 15 is 0 Å². The zero-order chi connectivity index (χ0) is 49.8. The van der Waals surface area contributed by atoms with Crippen LogP contribution in [-0.4, -0.2) is 18.8 Å². The molecule has 15 rings (SSSR count). The number of fused-ring (bicyclic) bond motifs is 15. The van der Waals surface area contributed by atoms with Gasteiger partial charge in [-0.1, -0.05) is 163 Å². The van der Waals surface area contributed by atoms with Gasteiger partial charge in [0.25, 0.3) is 0 Å². The van der Waals surface area contributed by atoms with Gasteiger partial charge >= 0.3 is 0 Å². The Hall–Kier alpha value is -9.00. The van der Waals surface area contributed by atoms with Gasteiger partial charge in [0.15, 0.2) is 11.3 Å². The second-order valence-electron chi connectivity index (χ2n) is 22.3. The van der Waals surface area contributed by atoms with Crippen LogP contribution in [-0.2, 0) is 10.8 Å². The number of aromatic nitrogens is 4. The maximum Gasteiger partial charge on any atom is 0.165 e. The minimum Gasteiger partial charge on any atom is -0.308 e. The minimum atomic E-state index is -0.150. The fourth-order valence-corrected chi connectivity index (χ4v) is 12.2. The molecule has 0 aliphatic heterocycles. The SMILES string of the molecule is CC(C)(C)c1cc(N(c2ccccc2)c2ccccc2)c2c(c1)c1c3ccccc3cc3c4nc5c(nc4n2c31)c1cc(C(C)(C)C)cc2c3cc4ccccc4c(N(c4ccccc4)c4ccccc4)c3n5c21. The molecule has 354 valence electrons. The third kappa shape index (κ3) is 5.99. The van der Waals surface area contributed by atoms with Gasteiger partial charge in [-0.3, -0.25) is 8.80 Å². The summed E-state index contributed by atoms with van der Waals surface area (Å²) in [6.07, 6.45) is 0. The molecule has 74 heavy (non-hydrogen) atoms. The number of anilines is 6. The van der Waals surface area contributed by atoms with E-state index in [9.17, 15) is 0 Å². The summed E-state index contributed by atoms with van der Waals surface area (Å²) in [5.74, 6) is 0. The quantitative estimate of drug-likeness (QED) is 0.167. The van der Waals surface area contributed by atoms with Gasteiger partial charge in [-0.25, -0.2) is 9.97 Å². The standard InChI is InChI=1S/C68H52N6/c1-67(2,3)43-37-52-51-35-42-24-20-22-34-50(42)63(72(47-29-15-9-16-30-47)48-31-17-10-18-32-48)64(51)73-60(52)55(39-43)59-65(73)69-58-54-36-41-23-19-21-33-49(41)57-53-38-44(68(4,5)6)40-56(61(53)74(62(54)57)66(58)70-59)71(45-25-11-7-12-26-45)46-27-13-8-14-28-46/h7-40H,1-6H3. The van der Waals surface area contributed by atoms with Crippen molar-refractivity contribution < 1.29 is 0 Å². The topological polar surface area (TPSA) is 41.1 Å². The van der Waals surface area contributed by atoms with Crippen LogP contribution in [0.5, 0.6) is 0 Å². The summed E-state index contributed by atoms with van der Waals surface area (Å²) in [5.41, 5.74) is 16.8. The molecule has 0 saturated carbocycles. The number of para-hydroxylation sites is 4. The van der Waals surface area contributed by atoms with Crippen molar-refractivity contribution in [1.82, 2.24) is 18.8 Å². The molecule has 0 bridgehead atoms. The smallest absolute Gasteiger partial charge is 0.165 e. The first-order valence-corrected chi connectivity index (χ1v) is 25.8. The van der Waals surface area contributed by atoms with Crippen LogP contribution >= 0.6 is 0 Å². The largest absolute Gasteiger partial charge is 0.308 e. The summed E-state index contributed by atoms with van der Waals surface area (Å²) in [7, 11) is 0. The van der Waals surface area contributed by atoms with Gasteiger partial charge in [0.2, 0.25) is 0 Å². The second kappa shape index (κ2) is 15.3. The fourth-order valence-electron chi connectivity index (χ4n) is 12.2. The van der Waals surface area contributed by atoms with Crippen LogP contribution in [0.3, 0.4) is 0 Å². The van der Waals surface area contributed by atoms with Crippen LogP contribution in [0.25, 0.3) is 98.3 Å². The number of hydrogen-bond acceptors (Lipinski definition) is 4. The molecule has 6 nitrogen and oxygen atoms in total. The molecule has 5 heterocycles. The first-order chi connectivity index (χ1) is 36.0. The number of rotatable bonds is 6. The molecule has 10 aromatic carbocycles. The zero-order valence-electron chi connectivity index (χ0n) is 42.3. The number of benzene rings is 10. The van der Waals surface area contributed by atoms with Gasteiger partial charge in [0, 0.05) is 60.5 Å². The van der Waals surface area contributed by atoms with Gasteiger partial charge < -0.3 is 9.80 Å². The minimum absolute atomic E-state index is 0.146. The van der Waals surface area contributed by atoms with Crippen LogP contribution in [0.15, 0.2) is 206 Å². The Balaban J connectivity index is 1.17. The van der Waals surface area contributed by atoms with Gasteiger partial charge in [-0.05, 0) is 123 Å². The lowest BCUT2D eigenvalue weighted by molar-refractivity contribution is 0.591. The molecule has 0 radical (unpaired) electrons. The van der Waals surface area contributed by atoms with Crippen molar-refractivity contribution in [2.45, 2.75) is 52.4 Å². The Morgan fingerprint density at radius 2 is 0.743 bits per heavy atom. The normalized spacial score (nSPS) is 12.7. The molecule has 0 fully saturated rings. The average molecular weight is 953 g/mol. The molecule has 0 saturated heterocycles. The van der Waals surface area contributed by atoms with E-state index in [0.29, 0.717) is 0 Å². The van der Waals surface area contributed by atoms with Crippen molar-refractivity contribution in [1.29, 1.82) is 0 Å². The molecule has 0 N–H and O–H groups in total. The Kier molecular flexibility index (Phi) is 8.80. The molecule has 0 aliphatic carbocycles. The van der Waals surface area contributed by atoms with Crippen LogP contribution in [0.1, 0.15) is 52.7 Å². The molecule has 0 amide bonds. The summed E-state index contributed by atoms with van der Waals surface area (Å²) in [4.78, 5) is 17.0. The van der Waals surface area contributed by atoms with Crippen molar-refractivity contribution in [2.24, 2.45) is 0 Å². The van der Waals surface area contributed by atoms with E-state index in [1.807, 2.05) is 0 Å². The Labute approximate surface area is 428 Å². The van der Waals surface area contributed by atoms with Gasteiger partial charge in [-0.15, -0.1) is 0 Å². The lowest BCUT2D eigenvalue weighted by atomic mass is 9.85. The highest BCUT2D eigenvalue weighted by Crippen LogP contribution is 2.52. The summed E-state index contributed by atoms with van der Waals surface area (Å²) in [6, 6.07) is 75.5. The van der Waals surface area contributed by atoms with Crippen LogP contribution < -0.4 is 9.80 Å². The Morgan fingerprint density at radius 3 is 1.30 bits per heavy atom. The lowest BCUT2D eigenvalue weighted by Gasteiger charge is -2.29. The first-order valence-electron chi connectivity index (χ1n) is 25.8.